The van der Waals surface area contributed by atoms with Gasteiger partial charge >= 0.3 is 0 Å². The van der Waals surface area contributed by atoms with E-state index in [9.17, 15) is 0 Å². The molecule has 0 saturated heterocycles. The van der Waals surface area contributed by atoms with Gasteiger partial charge in [-0.3, -0.25) is 0 Å². The molecule has 3 N–H and O–H groups in total. The number of amidine groups is 1. The first-order valence-corrected chi connectivity index (χ1v) is 5.22. The summed E-state index contributed by atoms with van der Waals surface area (Å²) in [4.78, 5) is 0. The fraction of sp³-hybridized carbons (Fsp3) is 0.417. The highest BCUT2D eigenvalue weighted by Crippen LogP contribution is 2.25. The summed E-state index contributed by atoms with van der Waals surface area (Å²) in [6.45, 7) is 6.50. The lowest BCUT2D eigenvalue weighted by atomic mass is 10.1. The average molecular weight is 222 g/mol. The molecule has 0 aliphatic rings. The van der Waals surface area contributed by atoms with Crippen LogP contribution in [0.15, 0.2) is 17.3 Å². The molecule has 16 heavy (non-hydrogen) atoms. The standard InChI is InChI=1S/C12H18N2O2/c1-8-4-5-9(2)12(10(8)3)16-7-6-11(13)14-15/h4-5,15H,6-7H2,1-3H3,(H2,13,14). The van der Waals surface area contributed by atoms with Gasteiger partial charge in [0.1, 0.15) is 11.6 Å². The van der Waals surface area contributed by atoms with Gasteiger partial charge in [0, 0.05) is 6.42 Å². The Bertz CT molecular complexity index is 400. The van der Waals surface area contributed by atoms with Crippen molar-refractivity contribution in [2.75, 3.05) is 6.61 Å². The Kier molecular flexibility index (Phi) is 4.17. The van der Waals surface area contributed by atoms with Crippen molar-refractivity contribution in [3.63, 3.8) is 0 Å². The second-order valence-corrected chi connectivity index (χ2v) is 3.84. The molecule has 1 rings (SSSR count). The van der Waals surface area contributed by atoms with E-state index in [4.69, 9.17) is 15.7 Å². The van der Waals surface area contributed by atoms with Crippen molar-refractivity contribution in [1.29, 1.82) is 0 Å². The molecule has 88 valence electrons. The lowest BCUT2D eigenvalue weighted by molar-refractivity contribution is 0.304. The third-order valence-corrected chi connectivity index (χ3v) is 2.61. The third-order valence-electron chi connectivity index (χ3n) is 2.61. The predicted octanol–water partition coefficient (Wildman–Crippen LogP) is 2.13. The van der Waals surface area contributed by atoms with Crippen LogP contribution in [0.2, 0.25) is 0 Å². The zero-order valence-electron chi connectivity index (χ0n) is 9.95. The summed E-state index contributed by atoms with van der Waals surface area (Å²) in [7, 11) is 0. The maximum atomic E-state index is 8.39. The molecule has 0 fully saturated rings. The third kappa shape index (κ3) is 2.89. The summed E-state index contributed by atoms with van der Waals surface area (Å²) in [6, 6.07) is 4.10. The number of nitrogens with zero attached hydrogens (tertiary/aromatic N) is 1. The van der Waals surface area contributed by atoms with Gasteiger partial charge in [-0.15, -0.1) is 0 Å². The first-order chi connectivity index (χ1) is 7.56. The van der Waals surface area contributed by atoms with Gasteiger partial charge in [0.05, 0.1) is 6.61 Å². The SMILES string of the molecule is Cc1ccc(C)c(OCC/C(N)=N/O)c1C. The number of oxime groups is 1. The largest absolute Gasteiger partial charge is 0.493 e. The zero-order valence-corrected chi connectivity index (χ0v) is 9.95. The highest BCUT2D eigenvalue weighted by atomic mass is 16.5. The molecule has 0 aliphatic carbocycles. The summed E-state index contributed by atoms with van der Waals surface area (Å²) in [5, 5.41) is 11.3. The smallest absolute Gasteiger partial charge is 0.142 e. The van der Waals surface area contributed by atoms with Crippen LogP contribution in [0.1, 0.15) is 23.1 Å². The lowest BCUT2D eigenvalue weighted by Crippen LogP contribution is -2.16. The minimum atomic E-state index is 0.183. The molecule has 1 aromatic carbocycles. The second-order valence-electron chi connectivity index (χ2n) is 3.84. The molecule has 4 heteroatoms. The summed E-state index contributed by atoms with van der Waals surface area (Å²) in [6.07, 6.45) is 0.420. The summed E-state index contributed by atoms with van der Waals surface area (Å²) in [5.74, 6) is 1.08. The molecule has 0 aromatic heterocycles. The number of nitrogens with two attached hydrogens (primary N) is 1. The van der Waals surface area contributed by atoms with Crippen LogP contribution in [0.4, 0.5) is 0 Å². The molecule has 0 radical (unpaired) electrons. The molecule has 4 nitrogen and oxygen atoms in total. The lowest BCUT2D eigenvalue weighted by Gasteiger charge is -2.13. The quantitative estimate of drug-likeness (QED) is 0.355. The molecule has 0 bridgehead atoms. The summed E-state index contributed by atoms with van der Waals surface area (Å²) >= 11 is 0. The first-order valence-electron chi connectivity index (χ1n) is 5.22. The van der Waals surface area contributed by atoms with Gasteiger partial charge in [-0.25, -0.2) is 0 Å². The Labute approximate surface area is 95.7 Å². The highest BCUT2D eigenvalue weighted by molar-refractivity contribution is 5.79. The number of hydrogen-bond acceptors (Lipinski definition) is 3. The molecule has 1 aromatic rings. The van der Waals surface area contributed by atoms with Crippen LogP contribution < -0.4 is 10.5 Å². The minimum absolute atomic E-state index is 0.183. The molecule has 0 heterocycles. The maximum Gasteiger partial charge on any atom is 0.142 e. The summed E-state index contributed by atoms with van der Waals surface area (Å²) in [5.41, 5.74) is 8.80. The summed E-state index contributed by atoms with van der Waals surface area (Å²) < 4.78 is 5.65. The van der Waals surface area contributed by atoms with E-state index in [-0.39, 0.29) is 5.84 Å². The van der Waals surface area contributed by atoms with Crippen LogP contribution in [0.5, 0.6) is 5.75 Å². The van der Waals surface area contributed by atoms with Gasteiger partial charge in [0.25, 0.3) is 0 Å². The molecule has 0 saturated carbocycles. The van der Waals surface area contributed by atoms with E-state index < -0.39 is 0 Å². The average Bonchev–Trinajstić information content (AvgIpc) is 2.28. The molecular formula is C12H18N2O2. The topological polar surface area (TPSA) is 67.8 Å². The van der Waals surface area contributed by atoms with Crippen LogP contribution in [0.25, 0.3) is 0 Å². The van der Waals surface area contributed by atoms with Crippen molar-refractivity contribution in [3.05, 3.63) is 28.8 Å². The molecule has 0 atom stereocenters. The van der Waals surface area contributed by atoms with E-state index in [1.807, 2.05) is 26.8 Å². The Morgan fingerprint density at radius 1 is 1.31 bits per heavy atom. The molecule has 0 aliphatic heterocycles. The normalized spacial score (nSPS) is 11.6. The Morgan fingerprint density at radius 3 is 2.56 bits per heavy atom. The Morgan fingerprint density at radius 2 is 1.94 bits per heavy atom. The van der Waals surface area contributed by atoms with Crippen molar-refractivity contribution in [2.45, 2.75) is 27.2 Å². The number of hydrogen-bond donors (Lipinski definition) is 2. The fourth-order valence-electron chi connectivity index (χ4n) is 1.46. The fourth-order valence-corrected chi connectivity index (χ4v) is 1.46. The molecule has 0 spiro atoms. The van der Waals surface area contributed by atoms with Crippen LogP contribution in [-0.4, -0.2) is 17.6 Å². The van der Waals surface area contributed by atoms with Crippen LogP contribution >= 0.6 is 0 Å². The van der Waals surface area contributed by atoms with Crippen molar-refractivity contribution in [1.82, 2.24) is 0 Å². The van der Waals surface area contributed by atoms with E-state index in [1.54, 1.807) is 0 Å². The molecule has 0 amide bonds. The van der Waals surface area contributed by atoms with E-state index >= 15 is 0 Å². The van der Waals surface area contributed by atoms with Gasteiger partial charge in [-0.1, -0.05) is 17.3 Å². The van der Waals surface area contributed by atoms with E-state index in [0.29, 0.717) is 13.0 Å². The number of aryl methyl sites for hydroxylation is 2. The van der Waals surface area contributed by atoms with Crippen molar-refractivity contribution >= 4 is 5.84 Å². The monoisotopic (exact) mass is 222 g/mol. The molecule has 0 unspecified atom stereocenters. The van der Waals surface area contributed by atoms with Gasteiger partial charge in [0.2, 0.25) is 0 Å². The van der Waals surface area contributed by atoms with E-state index in [0.717, 1.165) is 16.9 Å². The number of rotatable bonds is 4. The maximum absolute atomic E-state index is 8.39. The van der Waals surface area contributed by atoms with Gasteiger partial charge in [-0.05, 0) is 37.5 Å². The first kappa shape index (κ1) is 12.4. The van der Waals surface area contributed by atoms with Crippen LogP contribution in [0, 0.1) is 20.8 Å². The van der Waals surface area contributed by atoms with Crippen molar-refractivity contribution in [3.8, 4) is 5.75 Å². The zero-order chi connectivity index (χ0) is 12.1. The van der Waals surface area contributed by atoms with E-state index in [2.05, 4.69) is 11.2 Å². The number of ether oxygens (including phenoxy) is 1. The van der Waals surface area contributed by atoms with Gasteiger partial charge in [-0.2, -0.15) is 0 Å². The highest BCUT2D eigenvalue weighted by Gasteiger charge is 2.06. The number of benzene rings is 1. The van der Waals surface area contributed by atoms with Crippen molar-refractivity contribution in [2.24, 2.45) is 10.9 Å². The Hall–Kier alpha value is -1.71. The minimum Gasteiger partial charge on any atom is -0.493 e. The van der Waals surface area contributed by atoms with E-state index in [1.165, 1.54) is 5.56 Å². The predicted molar refractivity (Wildman–Crippen MR) is 64.2 cm³/mol. The van der Waals surface area contributed by atoms with Gasteiger partial charge < -0.3 is 15.7 Å². The van der Waals surface area contributed by atoms with Crippen LogP contribution in [-0.2, 0) is 0 Å². The van der Waals surface area contributed by atoms with Crippen LogP contribution in [0.3, 0.4) is 0 Å². The van der Waals surface area contributed by atoms with Gasteiger partial charge in [0.15, 0.2) is 0 Å². The van der Waals surface area contributed by atoms with Crippen molar-refractivity contribution < 1.29 is 9.94 Å². The molecular weight excluding hydrogens is 204 g/mol. The Balaban J connectivity index is 2.70. The second kappa shape index (κ2) is 5.39.